The predicted molar refractivity (Wildman–Crippen MR) is 164 cm³/mol. The van der Waals surface area contributed by atoms with E-state index in [0.29, 0.717) is 35.7 Å². The lowest BCUT2D eigenvalue weighted by atomic mass is 10.1. The fourth-order valence-electron chi connectivity index (χ4n) is 5.62. The largest absolute Gasteiger partial charge is 0.480 e. The molecule has 12 heteroatoms. The molecule has 0 aliphatic carbocycles. The van der Waals surface area contributed by atoms with Crippen LogP contribution in [0.4, 0.5) is 15.0 Å². The molecule has 232 valence electrons. The van der Waals surface area contributed by atoms with Gasteiger partial charge < -0.3 is 29.8 Å². The van der Waals surface area contributed by atoms with Gasteiger partial charge in [-0.15, -0.1) is 0 Å². The minimum atomic E-state index is -1.11. The Kier molecular flexibility index (Phi) is 9.40. The number of hydrogen-bond donors (Lipinski definition) is 3. The number of aliphatic carboxylic acids is 1. The summed E-state index contributed by atoms with van der Waals surface area (Å²) >= 11 is 0. The van der Waals surface area contributed by atoms with Gasteiger partial charge in [0.1, 0.15) is 30.1 Å². The lowest BCUT2D eigenvalue weighted by Gasteiger charge is -2.21. The molecule has 11 nitrogen and oxygen atoms in total. The summed E-state index contributed by atoms with van der Waals surface area (Å²) in [6, 6.07) is 14.3. The van der Waals surface area contributed by atoms with Crippen LogP contribution in [-0.4, -0.2) is 82.0 Å². The number of carboxylic acid groups (broad SMARTS) is 1. The molecule has 1 aliphatic heterocycles. The number of aromatic nitrogens is 3. The van der Waals surface area contributed by atoms with E-state index >= 15 is 0 Å². The first kappa shape index (κ1) is 30.9. The molecule has 0 unspecified atom stereocenters. The highest BCUT2D eigenvalue weighted by atomic mass is 19.1. The fraction of sp³-hybridized carbons (Fsp3) is 0.375. The first-order chi connectivity index (χ1) is 21.2. The third-order valence-corrected chi connectivity index (χ3v) is 7.89. The molecule has 0 saturated carbocycles. The first-order valence-electron chi connectivity index (χ1n) is 14.5. The van der Waals surface area contributed by atoms with Crippen molar-refractivity contribution in [1.82, 2.24) is 24.8 Å². The number of methoxy groups -OCH3 is 1. The van der Waals surface area contributed by atoms with E-state index in [-0.39, 0.29) is 25.7 Å². The van der Waals surface area contributed by atoms with E-state index in [4.69, 9.17) is 14.5 Å². The van der Waals surface area contributed by atoms with Crippen molar-refractivity contribution in [3.05, 3.63) is 77.4 Å². The van der Waals surface area contributed by atoms with Crippen LogP contribution in [0.3, 0.4) is 0 Å². The third kappa shape index (κ3) is 6.66. The number of carbonyl (C=O) groups is 2. The fourth-order valence-corrected chi connectivity index (χ4v) is 5.62. The molecule has 4 aromatic rings. The standard InChI is InChI=1S/C32H37FN6O5/c1-19-10-11-26(25-12-22(33)13-27-29(25)38(20(2)35-27)17-24(43-4)15-34-3)37-30(19)36-23-14-28(31(40)41)39(16-23)32(42)44-18-21-8-6-5-7-9-21/h5-13,23-24,28,34H,14-18H2,1-4H3,(H,36,37)(H,40,41)/t23-,24-,28-/m0/s1. The van der Waals surface area contributed by atoms with Crippen molar-refractivity contribution in [3.8, 4) is 11.3 Å². The van der Waals surface area contributed by atoms with Crippen LogP contribution in [0.2, 0.25) is 0 Å². The quantitative estimate of drug-likeness (QED) is 0.229. The summed E-state index contributed by atoms with van der Waals surface area (Å²) in [7, 11) is 3.50. The summed E-state index contributed by atoms with van der Waals surface area (Å²) in [6.45, 7) is 5.05. The molecule has 0 spiro atoms. The highest BCUT2D eigenvalue weighted by molar-refractivity contribution is 5.92. The molecule has 3 heterocycles. The Morgan fingerprint density at radius 2 is 1.91 bits per heavy atom. The van der Waals surface area contributed by atoms with Crippen LogP contribution >= 0.6 is 0 Å². The van der Waals surface area contributed by atoms with E-state index in [9.17, 15) is 19.1 Å². The molecule has 1 fully saturated rings. The number of anilines is 1. The molecule has 3 atom stereocenters. The number of carboxylic acids is 1. The van der Waals surface area contributed by atoms with Crippen molar-refractivity contribution >= 4 is 28.9 Å². The van der Waals surface area contributed by atoms with Gasteiger partial charge in [0, 0.05) is 44.3 Å². The normalized spacial score (nSPS) is 17.2. The molecule has 1 saturated heterocycles. The molecule has 3 N–H and O–H groups in total. The molecule has 2 aromatic carbocycles. The Labute approximate surface area is 255 Å². The number of likely N-dealkylation sites (N-methyl/N-ethyl adjacent to an activating group) is 1. The number of halogens is 1. The number of nitrogens with zero attached hydrogens (tertiary/aromatic N) is 4. The molecular weight excluding hydrogens is 567 g/mol. The Balaban J connectivity index is 1.40. The van der Waals surface area contributed by atoms with Crippen LogP contribution in [0.25, 0.3) is 22.3 Å². The van der Waals surface area contributed by atoms with Gasteiger partial charge in [-0.05, 0) is 44.2 Å². The summed E-state index contributed by atoms with van der Waals surface area (Å²) in [4.78, 5) is 35.7. The maximum atomic E-state index is 14.9. The molecule has 5 rings (SSSR count). The number of aryl methyl sites for hydroxylation is 2. The summed E-state index contributed by atoms with van der Waals surface area (Å²) in [5.74, 6) is -0.304. The number of hydrogen-bond acceptors (Lipinski definition) is 8. The first-order valence-corrected chi connectivity index (χ1v) is 14.5. The molecule has 2 aromatic heterocycles. The Hall–Kier alpha value is -4.55. The second-order valence-corrected chi connectivity index (χ2v) is 11.0. The number of amides is 1. The van der Waals surface area contributed by atoms with Gasteiger partial charge in [-0.25, -0.2) is 23.9 Å². The maximum absolute atomic E-state index is 14.9. The summed E-state index contributed by atoms with van der Waals surface area (Å²) in [5, 5.41) is 16.3. The maximum Gasteiger partial charge on any atom is 0.410 e. The van der Waals surface area contributed by atoms with Crippen LogP contribution < -0.4 is 10.6 Å². The molecular formula is C32H37FN6O5. The molecule has 1 aliphatic rings. The number of pyridine rings is 1. The number of nitrogens with one attached hydrogen (secondary N) is 2. The summed E-state index contributed by atoms with van der Waals surface area (Å²) in [5.41, 5.74) is 3.97. The van der Waals surface area contributed by atoms with Crippen LogP contribution in [0, 0.1) is 19.7 Å². The number of carbonyl (C=O) groups excluding carboxylic acids is 1. The second-order valence-electron chi connectivity index (χ2n) is 11.0. The number of rotatable bonds is 11. The third-order valence-electron chi connectivity index (χ3n) is 7.89. The SMILES string of the molecule is CNC[C@@H](Cn1c(C)nc2cc(F)cc(-c3ccc(C)c(N[C@H]4C[C@@H](C(=O)O)N(C(=O)OCc5ccccc5)C4)n3)c21)OC. The predicted octanol–water partition coefficient (Wildman–Crippen LogP) is 4.36. The number of benzene rings is 2. The van der Waals surface area contributed by atoms with Gasteiger partial charge in [-0.1, -0.05) is 36.4 Å². The average Bonchev–Trinajstić information content (AvgIpc) is 3.57. The Morgan fingerprint density at radius 3 is 2.61 bits per heavy atom. The van der Waals surface area contributed by atoms with Gasteiger partial charge >= 0.3 is 12.1 Å². The average molecular weight is 605 g/mol. The van der Waals surface area contributed by atoms with E-state index in [0.717, 1.165) is 22.5 Å². The van der Waals surface area contributed by atoms with Crippen molar-refractivity contribution in [2.24, 2.45) is 0 Å². The number of fused-ring (bicyclic) bond motifs is 1. The number of ether oxygens (including phenoxy) is 2. The Bertz CT molecular complexity index is 1650. The minimum Gasteiger partial charge on any atom is -0.480 e. The van der Waals surface area contributed by atoms with Crippen molar-refractivity contribution in [3.63, 3.8) is 0 Å². The van der Waals surface area contributed by atoms with Crippen molar-refractivity contribution in [1.29, 1.82) is 0 Å². The lowest BCUT2D eigenvalue weighted by molar-refractivity contribution is -0.141. The monoisotopic (exact) mass is 604 g/mol. The highest BCUT2D eigenvalue weighted by Gasteiger charge is 2.41. The van der Waals surface area contributed by atoms with Crippen LogP contribution in [0.5, 0.6) is 0 Å². The van der Waals surface area contributed by atoms with Crippen molar-refractivity contribution in [2.45, 2.75) is 51.6 Å². The number of likely N-dealkylation sites (tertiary alicyclic amines) is 1. The topological polar surface area (TPSA) is 131 Å². The van der Waals surface area contributed by atoms with Crippen molar-refractivity contribution in [2.75, 3.05) is 32.6 Å². The van der Waals surface area contributed by atoms with Crippen LogP contribution in [-0.2, 0) is 27.4 Å². The van der Waals surface area contributed by atoms with E-state index in [1.54, 1.807) is 7.11 Å². The summed E-state index contributed by atoms with van der Waals surface area (Å²) < 4.78 is 27.9. The molecule has 0 radical (unpaired) electrons. The molecule has 44 heavy (non-hydrogen) atoms. The lowest BCUT2D eigenvalue weighted by Crippen LogP contribution is -2.41. The van der Waals surface area contributed by atoms with Gasteiger partial charge in [0.05, 0.1) is 29.4 Å². The van der Waals surface area contributed by atoms with E-state index in [1.165, 1.54) is 17.0 Å². The van der Waals surface area contributed by atoms with Gasteiger partial charge in [0.2, 0.25) is 0 Å². The van der Waals surface area contributed by atoms with E-state index in [1.807, 2.05) is 67.9 Å². The van der Waals surface area contributed by atoms with Crippen LogP contribution in [0.15, 0.2) is 54.6 Å². The second kappa shape index (κ2) is 13.4. The zero-order valence-corrected chi connectivity index (χ0v) is 25.2. The molecule has 1 amide bonds. The van der Waals surface area contributed by atoms with Gasteiger partial charge in [-0.3, -0.25) is 4.90 Å². The van der Waals surface area contributed by atoms with Crippen molar-refractivity contribution < 1.29 is 28.6 Å². The number of imidazole rings is 1. The van der Waals surface area contributed by atoms with E-state index in [2.05, 4.69) is 15.6 Å². The Morgan fingerprint density at radius 1 is 1.14 bits per heavy atom. The summed E-state index contributed by atoms with van der Waals surface area (Å²) in [6.07, 6.45) is -0.660. The van der Waals surface area contributed by atoms with Gasteiger partial charge in [0.25, 0.3) is 0 Å². The smallest absolute Gasteiger partial charge is 0.410 e. The molecule has 0 bridgehead atoms. The van der Waals surface area contributed by atoms with Crippen LogP contribution in [0.1, 0.15) is 23.4 Å². The van der Waals surface area contributed by atoms with E-state index < -0.39 is 30.0 Å². The highest BCUT2D eigenvalue weighted by Crippen LogP contribution is 2.32. The minimum absolute atomic E-state index is 0.0432. The van der Waals surface area contributed by atoms with Gasteiger partial charge in [0.15, 0.2) is 0 Å². The zero-order valence-electron chi connectivity index (χ0n) is 25.2. The van der Waals surface area contributed by atoms with Gasteiger partial charge in [-0.2, -0.15) is 0 Å². The zero-order chi connectivity index (χ0) is 31.4.